The van der Waals surface area contributed by atoms with Crippen LogP contribution in [0.2, 0.25) is 0 Å². The Morgan fingerprint density at radius 1 is 1.19 bits per heavy atom. The maximum absolute atomic E-state index is 12.1. The van der Waals surface area contributed by atoms with Crippen molar-refractivity contribution >= 4 is 22.7 Å². The zero-order chi connectivity index (χ0) is 14.7. The van der Waals surface area contributed by atoms with Crippen LogP contribution < -0.4 is 10.6 Å². The summed E-state index contributed by atoms with van der Waals surface area (Å²) in [6.45, 7) is 3.06. The van der Waals surface area contributed by atoms with Crippen LogP contribution in [0.15, 0.2) is 30.5 Å². The van der Waals surface area contributed by atoms with Gasteiger partial charge in [0, 0.05) is 48.8 Å². The number of carbonyl (C=O) groups is 2. The van der Waals surface area contributed by atoms with Gasteiger partial charge in [-0.1, -0.05) is 0 Å². The van der Waals surface area contributed by atoms with Crippen molar-refractivity contribution < 1.29 is 9.59 Å². The molecule has 1 aromatic heterocycles. The lowest BCUT2D eigenvalue weighted by Crippen LogP contribution is -2.49. The Hall–Kier alpha value is -2.34. The molecule has 0 atom stereocenters. The zero-order valence-electron chi connectivity index (χ0n) is 11.7. The summed E-state index contributed by atoms with van der Waals surface area (Å²) in [5.41, 5.74) is 1.55. The molecule has 3 rings (SSSR count). The van der Waals surface area contributed by atoms with E-state index >= 15 is 0 Å². The minimum atomic E-state index is -0.221. The molecule has 1 aliphatic heterocycles. The van der Waals surface area contributed by atoms with Gasteiger partial charge in [-0.25, -0.2) is 0 Å². The molecule has 1 aromatic carbocycles. The molecule has 0 radical (unpaired) electrons. The molecule has 0 aliphatic carbocycles. The highest BCUT2D eigenvalue weighted by atomic mass is 16.2. The lowest BCUT2D eigenvalue weighted by atomic mass is 10.1. The number of hydrogen-bond acceptors (Lipinski definition) is 3. The predicted molar refractivity (Wildman–Crippen MR) is 80.1 cm³/mol. The van der Waals surface area contributed by atoms with Crippen molar-refractivity contribution in [1.29, 1.82) is 0 Å². The molecule has 1 aliphatic rings. The van der Waals surface area contributed by atoms with Crippen LogP contribution in [-0.4, -0.2) is 54.4 Å². The number of amides is 2. The van der Waals surface area contributed by atoms with E-state index in [2.05, 4.69) is 15.6 Å². The fourth-order valence-electron chi connectivity index (χ4n) is 2.48. The van der Waals surface area contributed by atoms with Crippen molar-refractivity contribution in [2.75, 3.05) is 32.7 Å². The topological polar surface area (TPSA) is 77.2 Å². The van der Waals surface area contributed by atoms with E-state index in [1.807, 2.05) is 24.4 Å². The van der Waals surface area contributed by atoms with Crippen molar-refractivity contribution in [2.45, 2.75) is 0 Å². The van der Waals surface area contributed by atoms with Gasteiger partial charge in [0.1, 0.15) is 0 Å². The fraction of sp³-hybridized carbons (Fsp3) is 0.333. The monoisotopic (exact) mass is 286 g/mol. The molecule has 2 aromatic rings. The maximum Gasteiger partial charge on any atom is 0.251 e. The third-order valence-electron chi connectivity index (χ3n) is 3.69. The molecule has 0 spiro atoms. The number of nitrogens with zero attached hydrogens (tertiary/aromatic N) is 1. The lowest BCUT2D eigenvalue weighted by Gasteiger charge is -2.27. The van der Waals surface area contributed by atoms with Gasteiger partial charge >= 0.3 is 0 Å². The molecule has 1 fully saturated rings. The molecule has 2 heterocycles. The Balaban J connectivity index is 1.59. The zero-order valence-corrected chi connectivity index (χ0v) is 11.7. The van der Waals surface area contributed by atoms with Gasteiger partial charge in [-0.05, 0) is 24.3 Å². The Morgan fingerprint density at radius 3 is 2.81 bits per heavy atom. The van der Waals surface area contributed by atoms with Gasteiger partial charge in [0.15, 0.2) is 0 Å². The number of aromatic nitrogens is 1. The van der Waals surface area contributed by atoms with E-state index < -0.39 is 0 Å². The first-order chi connectivity index (χ1) is 10.2. The summed E-state index contributed by atoms with van der Waals surface area (Å²) in [7, 11) is 0. The summed E-state index contributed by atoms with van der Waals surface area (Å²) >= 11 is 0. The molecule has 2 amide bonds. The highest BCUT2D eigenvalue weighted by Gasteiger charge is 2.17. The number of benzene rings is 1. The van der Waals surface area contributed by atoms with Crippen molar-refractivity contribution in [2.24, 2.45) is 0 Å². The number of nitrogens with one attached hydrogen (secondary N) is 3. The average Bonchev–Trinajstić information content (AvgIpc) is 3.00. The fourth-order valence-corrected chi connectivity index (χ4v) is 2.48. The molecule has 6 nitrogen and oxygen atoms in total. The summed E-state index contributed by atoms with van der Waals surface area (Å²) in [5, 5.41) is 6.87. The van der Waals surface area contributed by atoms with Crippen LogP contribution in [0.3, 0.4) is 0 Å². The maximum atomic E-state index is 12.1. The van der Waals surface area contributed by atoms with Crippen LogP contribution in [0.25, 0.3) is 10.9 Å². The van der Waals surface area contributed by atoms with Gasteiger partial charge in [0.25, 0.3) is 5.91 Å². The summed E-state index contributed by atoms with van der Waals surface area (Å²) in [6, 6.07) is 7.35. The van der Waals surface area contributed by atoms with Crippen LogP contribution >= 0.6 is 0 Å². The van der Waals surface area contributed by atoms with E-state index in [1.165, 1.54) is 0 Å². The second-order valence-electron chi connectivity index (χ2n) is 5.09. The Labute approximate surface area is 122 Å². The summed E-state index contributed by atoms with van der Waals surface area (Å²) < 4.78 is 0. The van der Waals surface area contributed by atoms with E-state index in [0.29, 0.717) is 18.7 Å². The van der Waals surface area contributed by atoms with Gasteiger partial charge in [-0.3, -0.25) is 9.59 Å². The van der Waals surface area contributed by atoms with E-state index in [4.69, 9.17) is 0 Å². The first-order valence-electron chi connectivity index (χ1n) is 7.08. The van der Waals surface area contributed by atoms with E-state index in [-0.39, 0.29) is 18.4 Å². The van der Waals surface area contributed by atoms with Crippen molar-refractivity contribution in [3.63, 3.8) is 0 Å². The molecular weight excluding hydrogens is 268 g/mol. The number of aromatic amines is 1. The predicted octanol–water partition coefficient (Wildman–Crippen LogP) is 0.330. The average molecular weight is 286 g/mol. The lowest BCUT2D eigenvalue weighted by molar-refractivity contribution is -0.130. The molecule has 1 saturated heterocycles. The Morgan fingerprint density at radius 2 is 2.00 bits per heavy atom. The third-order valence-corrected chi connectivity index (χ3v) is 3.69. The minimum absolute atomic E-state index is 0.0347. The van der Waals surface area contributed by atoms with E-state index in [1.54, 1.807) is 11.0 Å². The van der Waals surface area contributed by atoms with Crippen LogP contribution in [0.5, 0.6) is 0 Å². The number of piperazine rings is 1. The van der Waals surface area contributed by atoms with Crippen LogP contribution in [0.1, 0.15) is 10.4 Å². The number of rotatable bonds is 3. The highest BCUT2D eigenvalue weighted by Crippen LogP contribution is 2.14. The standard InChI is InChI=1S/C15H18N4O2/c20-14(19-7-5-16-6-8-19)10-18-15(21)12-1-2-13-11(9-12)3-4-17-13/h1-4,9,16-17H,5-8,10H2,(H,18,21). The summed E-state index contributed by atoms with van der Waals surface area (Å²) in [4.78, 5) is 28.9. The highest BCUT2D eigenvalue weighted by molar-refractivity contribution is 5.99. The van der Waals surface area contributed by atoms with Crippen LogP contribution in [0, 0.1) is 0 Å². The Kier molecular flexibility index (Phi) is 3.87. The van der Waals surface area contributed by atoms with Gasteiger partial charge in [-0.2, -0.15) is 0 Å². The number of carbonyl (C=O) groups excluding carboxylic acids is 2. The Bertz CT molecular complexity index is 658. The van der Waals surface area contributed by atoms with Gasteiger partial charge in [0.05, 0.1) is 6.54 Å². The molecule has 0 saturated carbocycles. The molecule has 110 valence electrons. The van der Waals surface area contributed by atoms with Gasteiger partial charge in [0.2, 0.25) is 5.91 Å². The SMILES string of the molecule is O=C(NCC(=O)N1CCNCC1)c1ccc2[nH]ccc2c1. The smallest absolute Gasteiger partial charge is 0.251 e. The summed E-state index contributed by atoms with van der Waals surface area (Å²) in [6.07, 6.45) is 1.83. The molecule has 3 N–H and O–H groups in total. The second-order valence-corrected chi connectivity index (χ2v) is 5.09. The molecule has 0 bridgehead atoms. The molecular formula is C15H18N4O2. The van der Waals surface area contributed by atoms with Crippen molar-refractivity contribution in [3.8, 4) is 0 Å². The third kappa shape index (κ3) is 3.05. The van der Waals surface area contributed by atoms with Crippen molar-refractivity contribution in [1.82, 2.24) is 20.5 Å². The normalized spacial score (nSPS) is 15.1. The summed E-state index contributed by atoms with van der Waals surface area (Å²) in [5.74, 6) is -0.255. The van der Waals surface area contributed by atoms with Gasteiger partial charge < -0.3 is 20.5 Å². The van der Waals surface area contributed by atoms with Crippen LogP contribution in [-0.2, 0) is 4.79 Å². The van der Waals surface area contributed by atoms with Crippen molar-refractivity contribution in [3.05, 3.63) is 36.0 Å². The largest absolute Gasteiger partial charge is 0.361 e. The van der Waals surface area contributed by atoms with E-state index in [9.17, 15) is 9.59 Å². The molecule has 0 unspecified atom stereocenters. The van der Waals surface area contributed by atoms with Crippen LogP contribution in [0.4, 0.5) is 0 Å². The molecule has 6 heteroatoms. The number of H-pyrrole nitrogens is 1. The van der Waals surface area contributed by atoms with Gasteiger partial charge in [-0.15, -0.1) is 0 Å². The van der Waals surface area contributed by atoms with E-state index in [0.717, 1.165) is 24.0 Å². The number of fused-ring (bicyclic) bond motifs is 1. The first-order valence-corrected chi connectivity index (χ1v) is 7.08. The molecule has 21 heavy (non-hydrogen) atoms. The second kappa shape index (κ2) is 5.97. The number of hydrogen-bond donors (Lipinski definition) is 3. The first kappa shape index (κ1) is 13.6. The minimum Gasteiger partial charge on any atom is -0.361 e. The quantitative estimate of drug-likeness (QED) is 0.761.